The first-order valence-electron chi connectivity index (χ1n) is 7.12. The lowest BCUT2D eigenvalue weighted by atomic mass is 9.94. The fourth-order valence-electron chi connectivity index (χ4n) is 2.16. The zero-order valence-corrected chi connectivity index (χ0v) is 14.8. The fraction of sp³-hybridized carbons (Fsp3) is 1.00. The summed E-state index contributed by atoms with van der Waals surface area (Å²) in [6.07, 6.45) is 8.64. The molecular formula is C14H29BrMg. The quantitative estimate of drug-likeness (QED) is 0.455. The van der Waals surface area contributed by atoms with Gasteiger partial charge in [0.15, 0.2) is 0 Å². The Bertz CT molecular complexity index is 148. The van der Waals surface area contributed by atoms with Gasteiger partial charge < -0.3 is 12.9 Å². The molecular weight excluding hydrogens is 272 g/mol. The molecule has 94 valence electrons. The Morgan fingerprint density at radius 3 is 1.81 bits per heavy atom. The maximum Gasteiger partial charge on any atom is 0.468 e. The van der Waals surface area contributed by atoms with Crippen LogP contribution in [0.4, 0.5) is 0 Å². The van der Waals surface area contributed by atoms with E-state index < -0.39 is 0 Å². The van der Waals surface area contributed by atoms with Gasteiger partial charge in [0.1, 0.15) is 0 Å². The van der Waals surface area contributed by atoms with Crippen molar-refractivity contribution >= 4 is 31.1 Å². The van der Waals surface area contributed by atoms with E-state index >= 15 is 0 Å². The monoisotopic (exact) mass is 300 g/mol. The molecule has 0 amide bonds. The van der Waals surface area contributed by atoms with Crippen LogP contribution in [-0.4, -0.2) is 18.2 Å². The molecule has 0 aromatic heterocycles. The van der Waals surface area contributed by atoms with Crippen molar-refractivity contribution in [2.75, 3.05) is 0 Å². The maximum atomic E-state index is 3.66. The minimum absolute atomic E-state index is 0.109. The van der Waals surface area contributed by atoms with Crippen molar-refractivity contribution in [1.82, 2.24) is 0 Å². The molecule has 16 heavy (non-hydrogen) atoms. The second kappa shape index (κ2) is 11.3. The highest BCUT2D eigenvalue weighted by molar-refractivity contribution is 9.23. The van der Waals surface area contributed by atoms with Gasteiger partial charge in [-0.05, 0) is 11.8 Å². The summed E-state index contributed by atoms with van der Waals surface area (Å²) in [4.78, 5) is 0. The molecule has 0 rings (SSSR count). The van der Waals surface area contributed by atoms with Crippen molar-refractivity contribution in [2.45, 2.75) is 70.8 Å². The fourth-order valence-corrected chi connectivity index (χ4v) is 5.17. The third-order valence-electron chi connectivity index (χ3n) is 3.47. The molecule has 0 saturated carbocycles. The van der Waals surface area contributed by atoms with Crippen LogP contribution in [0.5, 0.6) is 0 Å². The zero-order valence-electron chi connectivity index (χ0n) is 11.8. The number of halogens is 1. The van der Waals surface area contributed by atoms with Gasteiger partial charge in [0.25, 0.3) is 0 Å². The molecule has 0 saturated heterocycles. The lowest BCUT2D eigenvalue weighted by Gasteiger charge is -2.14. The van der Waals surface area contributed by atoms with Crippen LogP contribution in [0.3, 0.4) is 0 Å². The van der Waals surface area contributed by atoms with E-state index in [1.54, 1.807) is 0 Å². The highest BCUT2D eigenvalue weighted by atomic mass is 79.9. The van der Waals surface area contributed by atoms with Crippen LogP contribution < -0.4 is 0 Å². The van der Waals surface area contributed by atoms with Crippen LogP contribution in [0.2, 0.25) is 4.55 Å². The van der Waals surface area contributed by atoms with Gasteiger partial charge in [-0.2, -0.15) is 0 Å². The van der Waals surface area contributed by atoms with Gasteiger partial charge in [-0.25, -0.2) is 0 Å². The summed E-state index contributed by atoms with van der Waals surface area (Å²) >= 11 is 3.77. The van der Waals surface area contributed by atoms with Gasteiger partial charge >= 0.3 is 18.2 Å². The SMILES string of the molecule is CC(C)CCCC(C)CCCC(C)[CH2][Mg][Br]. The first-order chi connectivity index (χ1) is 7.56. The van der Waals surface area contributed by atoms with Crippen molar-refractivity contribution in [3.63, 3.8) is 0 Å². The van der Waals surface area contributed by atoms with Gasteiger partial charge in [-0.1, -0.05) is 72.1 Å². The van der Waals surface area contributed by atoms with Crippen molar-refractivity contribution in [3.8, 4) is 0 Å². The third-order valence-corrected chi connectivity index (χ3v) is 6.05. The van der Waals surface area contributed by atoms with Crippen LogP contribution >= 0.6 is 12.9 Å². The molecule has 0 radical (unpaired) electrons. The normalized spacial score (nSPS) is 14.9. The Labute approximate surface area is 119 Å². The van der Waals surface area contributed by atoms with Gasteiger partial charge in [0.2, 0.25) is 0 Å². The van der Waals surface area contributed by atoms with Crippen LogP contribution in [0, 0.1) is 17.8 Å². The molecule has 0 aromatic rings. The van der Waals surface area contributed by atoms with Crippen LogP contribution in [0.15, 0.2) is 0 Å². The van der Waals surface area contributed by atoms with E-state index in [4.69, 9.17) is 0 Å². The molecule has 2 heteroatoms. The molecule has 0 heterocycles. The first kappa shape index (κ1) is 17.2. The van der Waals surface area contributed by atoms with Crippen molar-refractivity contribution in [1.29, 1.82) is 0 Å². The number of hydrogen-bond acceptors (Lipinski definition) is 0. The molecule has 0 fully saturated rings. The standard InChI is InChI=1S/C14H29.BrH.Mg/c1-12(2)8-6-10-14(5)11-7-9-13(3)4;;/h12-14H,1,6-11H2,2-5H3;1H;/q;;+1/p-1. The zero-order chi connectivity index (χ0) is 12.4. The molecule has 2 atom stereocenters. The van der Waals surface area contributed by atoms with Crippen molar-refractivity contribution in [2.24, 2.45) is 17.8 Å². The highest BCUT2D eigenvalue weighted by Gasteiger charge is 2.06. The summed E-state index contributed by atoms with van der Waals surface area (Å²) in [7, 11) is 0. The lowest BCUT2D eigenvalue weighted by Crippen LogP contribution is -2.00. The van der Waals surface area contributed by atoms with Gasteiger partial charge in [-0.3, -0.25) is 0 Å². The van der Waals surface area contributed by atoms with Crippen molar-refractivity contribution < 1.29 is 0 Å². The molecule has 0 bridgehead atoms. The van der Waals surface area contributed by atoms with Gasteiger partial charge in [0, 0.05) is 0 Å². The lowest BCUT2D eigenvalue weighted by molar-refractivity contribution is 0.407. The summed E-state index contributed by atoms with van der Waals surface area (Å²) in [6.45, 7) is 9.51. The first-order valence-corrected chi connectivity index (χ1v) is 12.0. The number of hydrogen-bond donors (Lipinski definition) is 0. The summed E-state index contributed by atoms with van der Waals surface area (Å²) in [5.74, 6) is 2.80. The van der Waals surface area contributed by atoms with Crippen molar-refractivity contribution in [3.05, 3.63) is 0 Å². The maximum absolute atomic E-state index is 3.66. The van der Waals surface area contributed by atoms with Crippen LogP contribution in [0.1, 0.15) is 66.2 Å². The van der Waals surface area contributed by atoms with E-state index in [1.165, 1.54) is 43.1 Å². The predicted octanol–water partition coefficient (Wildman–Crippen LogP) is 5.69. The molecule has 2 unspecified atom stereocenters. The van der Waals surface area contributed by atoms with Gasteiger partial charge in [-0.15, -0.1) is 4.55 Å². The minimum Gasteiger partial charge on any atom is -0.307 e. The van der Waals surface area contributed by atoms with E-state index in [0.29, 0.717) is 0 Å². The van der Waals surface area contributed by atoms with E-state index in [9.17, 15) is 0 Å². The third kappa shape index (κ3) is 11.7. The predicted molar refractivity (Wildman–Crippen MR) is 80.4 cm³/mol. The minimum atomic E-state index is 0.109. The summed E-state index contributed by atoms with van der Waals surface area (Å²) < 4.78 is 1.47. The molecule has 0 aliphatic heterocycles. The molecule has 0 nitrogen and oxygen atoms in total. The van der Waals surface area contributed by atoms with Crippen LogP contribution in [-0.2, 0) is 0 Å². The summed E-state index contributed by atoms with van der Waals surface area (Å²) in [5.41, 5.74) is 0. The molecule has 0 N–H and O–H groups in total. The Hall–Kier alpha value is 1.25. The Morgan fingerprint density at radius 2 is 1.31 bits per heavy atom. The molecule has 0 aromatic carbocycles. The van der Waals surface area contributed by atoms with E-state index in [2.05, 4.69) is 40.6 Å². The average Bonchev–Trinajstić information content (AvgIpc) is 2.17. The Balaban J connectivity index is 3.32. The Morgan fingerprint density at radius 1 is 0.812 bits per heavy atom. The molecule has 0 aliphatic carbocycles. The number of rotatable bonds is 10. The largest absolute Gasteiger partial charge is 0.468 e. The molecule has 0 aliphatic rings. The van der Waals surface area contributed by atoms with E-state index in [-0.39, 0.29) is 18.2 Å². The molecule has 0 spiro atoms. The Kier molecular flexibility index (Phi) is 12.2. The van der Waals surface area contributed by atoms with E-state index in [1.807, 2.05) is 0 Å². The van der Waals surface area contributed by atoms with Gasteiger partial charge in [0.05, 0.1) is 0 Å². The second-order valence-corrected chi connectivity index (χ2v) is 9.28. The highest BCUT2D eigenvalue weighted by Crippen LogP contribution is 2.20. The van der Waals surface area contributed by atoms with Crippen LogP contribution in [0.25, 0.3) is 0 Å². The average molecular weight is 302 g/mol. The smallest absolute Gasteiger partial charge is 0.307 e. The van der Waals surface area contributed by atoms with E-state index in [0.717, 1.165) is 17.8 Å². The summed E-state index contributed by atoms with van der Waals surface area (Å²) in [6, 6.07) is 0. The topological polar surface area (TPSA) is 0 Å². The summed E-state index contributed by atoms with van der Waals surface area (Å²) in [5, 5.41) is 0. The second-order valence-electron chi connectivity index (χ2n) is 5.94.